The molecule has 0 aliphatic rings. The van der Waals surface area contributed by atoms with Gasteiger partial charge in [0.25, 0.3) is 5.69 Å². The predicted octanol–water partition coefficient (Wildman–Crippen LogP) is 2.10. The minimum Gasteiger partial charge on any atom is -0.459 e. The van der Waals surface area contributed by atoms with Gasteiger partial charge in [0.2, 0.25) is 0 Å². The molecule has 1 atom stereocenters. The standard InChI is InChI=1S/C13H17NO6S/c1-9(12(15)20-13(2,3)4)21(18,19)11-8-6-5-7-10(11)14(16)17/h5-9H,1-4H3. The first-order valence-corrected chi connectivity index (χ1v) is 7.71. The monoisotopic (exact) mass is 315 g/mol. The molecular formula is C13H17NO6S. The molecule has 1 unspecified atom stereocenters. The van der Waals surface area contributed by atoms with Gasteiger partial charge < -0.3 is 4.74 Å². The summed E-state index contributed by atoms with van der Waals surface area (Å²) in [5, 5.41) is 9.38. The van der Waals surface area contributed by atoms with Crippen molar-refractivity contribution in [2.75, 3.05) is 0 Å². The average Bonchev–Trinajstić information content (AvgIpc) is 2.35. The Balaban J connectivity index is 3.23. The third kappa shape index (κ3) is 4.01. The zero-order valence-electron chi connectivity index (χ0n) is 12.2. The summed E-state index contributed by atoms with van der Waals surface area (Å²) in [5.74, 6) is -0.944. The van der Waals surface area contributed by atoms with Crippen molar-refractivity contribution < 1.29 is 22.9 Å². The van der Waals surface area contributed by atoms with Gasteiger partial charge in [-0.05, 0) is 33.8 Å². The number of carbonyl (C=O) groups is 1. The van der Waals surface area contributed by atoms with Crippen molar-refractivity contribution in [3.05, 3.63) is 34.4 Å². The molecule has 0 amide bonds. The Bertz CT molecular complexity index is 659. The van der Waals surface area contributed by atoms with Crippen LogP contribution >= 0.6 is 0 Å². The first kappa shape index (κ1) is 17.1. The Kier molecular flexibility index (Phi) is 4.72. The molecule has 7 nitrogen and oxygen atoms in total. The van der Waals surface area contributed by atoms with Gasteiger partial charge in [0, 0.05) is 6.07 Å². The fourth-order valence-corrected chi connectivity index (χ4v) is 2.94. The van der Waals surface area contributed by atoms with Crippen LogP contribution in [0.15, 0.2) is 29.2 Å². The van der Waals surface area contributed by atoms with Crippen LogP contribution in [-0.4, -0.2) is 30.2 Å². The van der Waals surface area contributed by atoms with Crippen LogP contribution in [0.1, 0.15) is 27.7 Å². The second-order valence-electron chi connectivity index (χ2n) is 5.45. The summed E-state index contributed by atoms with van der Waals surface area (Å²) in [6.45, 7) is 5.97. The number of nitrogens with zero attached hydrogens (tertiary/aromatic N) is 1. The van der Waals surface area contributed by atoms with Gasteiger partial charge in [-0.1, -0.05) is 12.1 Å². The average molecular weight is 315 g/mol. The summed E-state index contributed by atoms with van der Waals surface area (Å²) in [5.41, 5.74) is -1.41. The summed E-state index contributed by atoms with van der Waals surface area (Å²) < 4.78 is 29.8. The first-order valence-electron chi connectivity index (χ1n) is 6.17. The minimum absolute atomic E-state index is 0.492. The van der Waals surface area contributed by atoms with E-state index < -0.39 is 42.2 Å². The van der Waals surface area contributed by atoms with Gasteiger partial charge in [-0.2, -0.15) is 0 Å². The van der Waals surface area contributed by atoms with Crippen LogP contribution < -0.4 is 0 Å². The first-order chi connectivity index (χ1) is 9.47. The van der Waals surface area contributed by atoms with Crippen LogP contribution in [0.3, 0.4) is 0 Å². The van der Waals surface area contributed by atoms with E-state index in [1.807, 2.05) is 0 Å². The van der Waals surface area contributed by atoms with Crippen LogP contribution in [0.5, 0.6) is 0 Å². The van der Waals surface area contributed by atoms with Gasteiger partial charge in [0.05, 0.1) is 4.92 Å². The third-order valence-corrected chi connectivity index (χ3v) is 4.65. The molecule has 0 fully saturated rings. The number of benzene rings is 1. The number of carbonyl (C=O) groups excluding carboxylic acids is 1. The summed E-state index contributed by atoms with van der Waals surface area (Å²) in [4.78, 5) is 21.5. The van der Waals surface area contributed by atoms with E-state index in [2.05, 4.69) is 0 Å². The highest BCUT2D eigenvalue weighted by molar-refractivity contribution is 7.93. The Hall–Kier alpha value is -1.96. The molecule has 0 aromatic heterocycles. The zero-order valence-corrected chi connectivity index (χ0v) is 13.0. The molecule has 0 saturated carbocycles. The maximum Gasteiger partial charge on any atom is 0.324 e. The SMILES string of the molecule is CC(C(=O)OC(C)(C)C)S(=O)(=O)c1ccccc1[N+](=O)[O-]. The molecule has 116 valence electrons. The summed E-state index contributed by atoms with van der Waals surface area (Å²) in [7, 11) is -4.20. The second kappa shape index (κ2) is 5.80. The van der Waals surface area contributed by atoms with Gasteiger partial charge in [0.1, 0.15) is 10.5 Å². The molecule has 0 radical (unpaired) electrons. The van der Waals surface area contributed by atoms with Crippen LogP contribution in [0.4, 0.5) is 5.69 Å². The highest BCUT2D eigenvalue weighted by Crippen LogP contribution is 2.27. The molecular weight excluding hydrogens is 298 g/mol. The van der Waals surface area contributed by atoms with E-state index in [9.17, 15) is 23.3 Å². The van der Waals surface area contributed by atoms with Crippen molar-refractivity contribution in [1.29, 1.82) is 0 Å². The predicted molar refractivity (Wildman–Crippen MR) is 75.6 cm³/mol. The van der Waals surface area contributed by atoms with Crippen LogP contribution in [0.25, 0.3) is 0 Å². The number of nitro benzene ring substituents is 1. The Morgan fingerprint density at radius 3 is 2.29 bits per heavy atom. The molecule has 0 spiro atoms. The van der Waals surface area contributed by atoms with Gasteiger partial charge in [-0.25, -0.2) is 8.42 Å². The fourth-order valence-electron chi connectivity index (χ4n) is 1.55. The molecule has 0 bridgehead atoms. The number of nitro groups is 1. The maximum atomic E-state index is 12.4. The maximum absolute atomic E-state index is 12.4. The number of para-hydroxylation sites is 1. The molecule has 8 heteroatoms. The lowest BCUT2D eigenvalue weighted by atomic mass is 10.2. The van der Waals surface area contributed by atoms with Gasteiger partial charge in [-0.15, -0.1) is 0 Å². The number of ether oxygens (including phenoxy) is 1. The Morgan fingerprint density at radius 1 is 1.29 bits per heavy atom. The van der Waals surface area contributed by atoms with E-state index >= 15 is 0 Å². The number of hydrogen-bond donors (Lipinski definition) is 0. The smallest absolute Gasteiger partial charge is 0.324 e. The van der Waals surface area contributed by atoms with Crippen LogP contribution in [0, 0.1) is 10.1 Å². The molecule has 0 aliphatic heterocycles. The van der Waals surface area contributed by atoms with E-state index in [1.165, 1.54) is 12.1 Å². The van der Waals surface area contributed by atoms with Crippen molar-refractivity contribution in [3.8, 4) is 0 Å². The van der Waals surface area contributed by atoms with Gasteiger partial charge in [-0.3, -0.25) is 14.9 Å². The second-order valence-corrected chi connectivity index (χ2v) is 7.68. The summed E-state index contributed by atoms with van der Waals surface area (Å²) in [6.07, 6.45) is 0. The highest BCUT2D eigenvalue weighted by Gasteiger charge is 2.37. The Labute approximate surface area is 123 Å². The molecule has 1 aromatic carbocycles. The van der Waals surface area contributed by atoms with E-state index in [0.717, 1.165) is 19.1 Å². The summed E-state index contributed by atoms with van der Waals surface area (Å²) >= 11 is 0. The van der Waals surface area contributed by atoms with Crippen molar-refractivity contribution >= 4 is 21.5 Å². The lowest BCUT2D eigenvalue weighted by molar-refractivity contribution is -0.387. The van der Waals surface area contributed by atoms with Gasteiger partial charge >= 0.3 is 5.97 Å². The molecule has 0 saturated heterocycles. The Morgan fingerprint density at radius 2 is 1.81 bits per heavy atom. The van der Waals surface area contributed by atoms with Crippen molar-refractivity contribution in [2.24, 2.45) is 0 Å². The largest absolute Gasteiger partial charge is 0.459 e. The lowest BCUT2D eigenvalue weighted by Gasteiger charge is -2.22. The minimum atomic E-state index is -4.20. The number of hydrogen-bond acceptors (Lipinski definition) is 6. The van der Waals surface area contributed by atoms with Crippen molar-refractivity contribution in [3.63, 3.8) is 0 Å². The molecule has 21 heavy (non-hydrogen) atoms. The topological polar surface area (TPSA) is 104 Å². The molecule has 1 rings (SSSR count). The van der Waals surface area contributed by atoms with E-state index in [1.54, 1.807) is 20.8 Å². The quantitative estimate of drug-likeness (QED) is 0.479. The third-order valence-electron chi connectivity index (χ3n) is 2.57. The van der Waals surface area contributed by atoms with E-state index in [4.69, 9.17) is 4.74 Å². The fraction of sp³-hybridized carbons (Fsp3) is 0.462. The van der Waals surface area contributed by atoms with Crippen molar-refractivity contribution in [1.82, 2.24) is 0 Å². The normalized spacial score (nSPS) is 13.5. The van der Waals surface area contributed by atoms with E-state index in [0.29, 0.717) is 0 Å². The summed E-state index contributed by atoms with van der Waals surface area (Å²) in [6, 6.07) is 4.90. The number of sulfone groups is 1. The van der Waals surface area contributed by atoms with Crippen LogP contribution in [0.2, 0.25) is 0 Å². The number of esters is 1. The lowest BCUT2D eigenvalue weighted by Crippen LogP contribution is -2.35. The molecule has 0 N–H and O–H groups in total. The molecule has 0 heterocycles. The van der Waals surface area contributed by atoms with Gasteiger partial charge in [0.15, 0.2) is 15.1 Å². The molecule has 1 aromatic rings. The van der Waals surface area contributed by atoms with Crippen molar-refractivity contribution in [2.45, 2.75) is 43.4 Å². The molecule has 0 aliphatic carbocycles. The number of rotatable bonds is 4. The zero-order chi connectivity index (χ0) is 16.4. The van der Waals surface area contributed by atoms with Crippen LogP contribution in [-0.2, 0) is 19.4 Å². The highest BCUT2D eigenvalue weighted by atomic mass is 32.2. The van der Waals surface area contributed by atoms with E-state index in [-0.39, 0.29) is 0 Å².